The van der Waals surface area contributed by atoms with Crippen LogP contribution in [0.3, 0.4) is 0 Å². The summed E-state index contributed by atoms with van der Waals surface area (Å²) in [5.41, 5.74) is 10.5. The standard InChI is InChI=1S/C5H6FN3/c6-5-4(8)3(7)1-2-9-5/h1-2H,8H2,(H2,7,9). The normalized spacial score (nSPS) is 9.44. The van der Waals surface area contributed by atoms with E-state index in [1.165, 1.54) is 12.3 Å². The Bertz CT molecular complexity index is 203. The highest BCUT2D eigenvalue weighted by molar-refractivity contribution is 5.61. The summed E-state index contributed by atoms with van der Waals surface area (Å²) in [5, 5.41) is 0. The molecule has 3 nitrogen and oxygen atoms in total. The van der Waals surface area contributed by atoms with Gasteiger partial charge >= 0.3 is 0 Å². The molecule has 0 aliphatic heterocycles. The number of aromatic nitrogens is 1. The van der Waals surface area contributed by atoms with Crippen molar-refractivity contribution in [2.75, 3.05) is 11.5 Å². The van der Waals surface area contributed by atoms with Gasteiger partial charge in [-0.25, -0.2) is 4.98 Å². The Morgan fingerprint density at radius 1 is 1.44 bits per heavy atom. The zero-order chi connectivity index (χ0) is 6.85. The molecule has 48 valence electrons. The van der Waals surface area contributed by atoms with Crippen molar-refractivity contribution in [3.05, 3.63) is 18.2 Å². The lowest BCUT2D eigenvalue weighted by molar-refractivity contribution is 0.589. The second-order valence-corrected chi connectivity index (χ2v) is 1.60. The molecule has 1 aromatic heterocycles. The van der Waals surface area contributed by atoms with Crippen LogP contribution in [0, 0.1) is 5.95 Å². The quantitative estimate of drug-likeness (QED) is 0.495. The molecular weight excluding hydrogens is 121 g/mol. The molecule has 0 atom stereocenters. The van der Waals surface area contributed by atoms with Crippen LogP contribution >= 0.6 is 0 Å². The molecule has 4 N–H and O–H groups in total. The average Bonchev–Trinajstić information content (AvgIpc) is 1.83. The number of hydrogen-bond acceptors (Lipinski definition) is 3. The Kier molecular flexibility index (Phi) is 1.22. The van der Waals surface area contributed by atoms with E-state index < -0.39 is 5.95 Å². The first-order chi connectivity index (χ1) is 4.22. The van der Waals surface area contributed by atoms with Crippen molar-refractivity contribution >= 4 is 11.4 Å². The summed E-state index contributed by atoms with van der Waals surface area (Å²) in [6.07, 6.45) is 1.26. The Morgan fingerprint density at radius 2 is 2.11 bits per heavy atom. The molecule has 1 rings (SSSR count). The number of nitrogens with two attached hydrogens (primary N) is 2. The van der Waals surface area contributed by atoms with E-state index in [2.05, 4.69) is 4.98 Å². The molecule has 1 aromatic rings. The lowest BCUT2D eigenvalue weighted by atomic mass is 10.4. The van der Waals surface area contributed by atoms with E-state index >= 15 is 0 Å². The van der Waals surface area contributed by atoms with Crippen LogP contribution in [0.25, 0.3) is 0 Å². The molecule has 0 unspecified atom stereocenters. The molecule has 4 heteroatoms. The molecule has 0 fully saturated rings. The maximum Gasteiger partial charge on any atom is 0.238 e. The topological polar surface area (TPSA) is 64.9 Å². The molecule has 0 aliphatic rings. The van der Waals surface area contributed by atoms with Crippen LogP contribution in [0.1, 0.15) is 0 Å². The van der Waals surface area contributed by atoms with Gasteiger partial charge in [0.15, 0.2) is 0 Å². The average molecular weight is 127 g/mol. The van der Waals surface area contributed by atoms with Crippen molar-refractivity contribution < 1.29 is 4.39 Å². The van der Waals surface area contributed by atoms with Crippen LogP contribution in [0.2, 0.25) is 0 Å². The Balaban J connectivity index is 3.25. The maximum absolute atomic E-state index is 12.3. The number of nitrogens with zero attached hydrogens (tertiary/aromatic N) is 1. The molecule has 0 aliphatic carbocycles. The fraction of sp³-hybridized carbons (Fsp3) is 0. The van der Waals surface area contributed by atoms with Gasteiger partial charge in [0.1, 0.15) is 5.69 Å². The van der Waals surface area contributed by atoms with Crippen molar-refractivity contribution in [1.29, 1.82) is 0 Å². The van der Waals surface area contributed by atoms with Gasteiger partial charge in [-0.15, -0.1) is 0 Å². The first-order valence-corrected chi connectivity index (χ1v) is 2.37. The van der Waals surface area contributed by atoms with Crippen LogP contribution < -0.4 is 11.5 Å². The predicted molar refractivity (Wildman–Crippen MR) is 33.0 cm³/mol. The summed E-state index contributed by atoms with van der Waals surface area (Å²) in [6, 6.07) is 1.44. The lowest BCUT2D eigenvalue weighted by Gasteiger charge is -1.96. The number of halogens is 1. The van der Waals surface area contributed by atoms with E-state index in [1.807, 2.05) is 0 Å². The van der Waals surface area contributed by atoms with Gasteiger partial charge in [-0.3, -0.25) is 0 Å². The Hall–Kier alpha value is -1.32. The molecule has 0 bridgehead atoms. The minimum atomic E-state index is -0.713. The zero-order valence-corrected chi connectivity index (χ0v) is 4.63. The molecular formula is C5H6FN3. The first kappa shape index (κ1) is 5.81. The van der Waals surface area contributed by atoms with Gasteiger partial charge in [0, 0.05) is 6.20 Å². The second kappa shape index (κ2) is 1.89. The van der Waals surface area contributed by atoms with E-state index in [-0.39, 0.29) is 11.4 Å². The largest absolute Gasteiger partial charge is 0.397 e. The van der Waals surface area contributed by atoms with E-state index in [9.17, 15) is 4.39 Å². The van der Waals surface area contributed by atoms with Gasteiger partial charge in [0.25, 0.3) is 0 Å². The van der Waals surface area contributed by atoms with Crippen LogP contribution in [0.15, 0.2) is 12.3 Å². The van der Waals surface area contributed by atoms with Gasteiger partial charge in [-0.2, -0.15) is 4.39 Å². The minimum absolute atomic E-state index is 0.0856. The number of pyridine rings is 1. The summed E-state index contributed by atoms with van der Waals surface area (Å²) in [7, 11) is 0. The fourth-order valence-corrected chi connectivity index (χ4v) is 0.461. The van der Waals surface area contributed by atoms with Crippen molar-refractivity contribution in [3.63, 3.8) is 0 Å². The van der Waals surface area contributed by atoms with Crippen molar-refractivity contribution in [2.45, 2.75) is 0 Å². The molecule has 1 heterocycles. The summed E-state index contributed by atoms with van der Waals surface area (Å²) in [5.74, 6) is -0.713. The van der Waals surface area contributed by atoms with Crippen molar-refractivity contribution in [3.8, 4) is 0 Å². The third-order valence-corrected chi connectivity index (χ3v) is 0.975. The SMILES string of the molecule is Nc1ccnc(F)c1N. The third kappa shape index (κ3) is 0.910. The Labute approximate surface area is 51.5 Å². The molecule has 9 heavy (non-hydrogen) atoms. The molecule has 0 saturated carbocycles. The van der Waals surface area contributed by atoms with Gasteiger partial charge in [0.2, 0.25) is 5.95 Å². The smallest absolute Gasteiger partial charge is 0.238 e. The highest BCUT2D eigenvalue weighted by Gasteiger charge is 1.99. The van der Waals surface area contributed by atoms with Crippen LogP contribution in [-0.2, 0) is 0 Å². The number of rotatable bonds is 0. The molecule has 0 amide bonds. The predicted octanol–water partition coefficient (Wildman–Crippen LogP) is 0.385. The van der Waals surface area contributed by atoms with Crippen LogP contribution in [0.4, 0.5) is 15.8 Å². The van der Waals surface area contributed by atoms with Gasteiger partial charge in [-0.1, -0.05) is 0 Å². The molecule has 0 saturated heterocycles. The molecule has 0 spiro atoms. The van der Waals surface area contributed by atoms with Gasteiger partial charge in [0.05, 0.1) is 5.69 Å². The van der Waals surface area contributed by atoms with E-state index in [0.29, 0.717) is 0 Å². The van der Waals surface area contributed by atoms with Crippen molar-refractivity contribution in [2.24, 2.45) is 0 Å². The summed E-state index contributed by atoms with van der Waals surface area (Å²) in [4.78, 5) is 3.27. The lowest BCUT2D eigenvalue weighted by Crippen LogP contribution is -1.98. The van der Waals surface area contributed by atoms with Gasteiger partial charge in [-0.05, 0) is 6.07 Å². The highest BCUT2D eigenvalue weighted by atomic mass is 19.1. The second-order valence-electron chi connectivity index (χ2n) is 1.60. The van der Waals surface area contributed by atoms with E-state index in [4.69, 9.17) is 11.5 Å². The Morgan fingerprint density at radius 3 is 2.56 bits per heavy atom. The summed E-state index contributed by atoms with van der Waals surface area (Å²) >= 11 is 0. The summed E-state index contributed by atoms with van der Waals surface area (Å²) < 4.78 is 12.3. The third-order valence-electron chi connectivity index (χ3n) is 0.975. The first-order valence-electron chi connectivity index (χ1n) is 2.37. The van der Waals surface area contributed by atoms with Gasteiger partial charge < -0.3 is 11.5 Å². The highest BCUT2D eigenvalue weighted by Crippen LogP contribution is 2.13. The number of nitrogen functional groups attached to an aromatic ring is 2. The van der Waals surface area contributed by atoms with E-state index in [1.54, 1.807) is 0 Å². The van der Waals surface area contributed by atoms with Crippen LogP contribution in [-0.4, -0.2) is 4.98 Å². The van der Waals surface area contributed by atoms with Crippen molar-refractivity contribution in [1.82, 2.24) is 4.98 Å². The summed E-state index contributed by atoms with van der Waals surface area (Å²) in [6.45, 7) is 0. The monoisotopic (exact) mass is 127 g/mol. The maximum atomic E-state index is 12.3. The van der Waals surface area contributed by atoms with Crippen LogP contribution in [0.5, 0.6) is 0 Å². The number of anilines is 2. The zero-order valence-electron chi connectivity index (χ0n) is 4.63. The molecule has 0 radical (unpaired) electrons. The van der Waals surface area contributed by atoms with E-state index in [0.717, 1.165) is 0 Å². The molecule has 0 aromatic carbocycles. The minimum Gasteiger partial charge on any atom is -0.397 e. The fourth-order valence-electron chi connectivity index (χ4n) is 0.461. The number of hydrogen-bond donors (Lipinski definition) is 2.